The Kier molecular flexibility index (Phi) is 3.29. The average molecular weight is 165 g/mol. The quantitative estimate of drug-likeness (QED) is 0.644. The molecule has 0 aliphatic rings. The highest BCUT2D eigenvalue weighted by Gasteiger charge is 1.99. The van der Waals surface area contributed by atoms with Crippen LogP contribution in [0.5, 0.6) is 0 Å². The second-order valence-electron chi connectivity index (χ2n) is 2.45. The monoisotopic (exact) mass is 165 g/mol. The molecule has 64 valence electrons. The van der Waals surface area contributed by atoms with Gasteiger partial charge in [-0.05, 0) is 12.1 Å². The molecule has 0 spiro atoms. The lowest BCUT2D eigenvalue weighted by Gasteiger charge is -2.06. The molecule has 0 saturated carbocycles. The van der Waals surface area contributed by atoms with Crippen molar-refractivity contribution in [2.75, 3.05) is 11.9 Å². The minimum Gasteiger partial charge on any atom is -0.384 e. The van der Waals surface area contributed by atoms with Crippen LogP contribution in [0.15, 0.2) is 30.3 Å². The van der Waals surface area contributed by atoms with Gasteiger partial charge in [-0.15, -0.1) is 0 Å². The molecule has 1 aromatic carbocycles. The van der Waals surface area contributed by atoms with E-state index < -0.39 is 6.10 Å². The molecule has 0 saturated heterocycles. The van der Waals surface area contributed by atoms with Crippen LogP contribution in [-0.4, -0.2) is 24.0 Å². The Balaban J connectivity index is 2.38. The summed E-state index contributed by atoms with van der Waals surface area (Å²) >= 11 is 0. The molecule has 0 radical (unpaired) electrons. The predicted molar refractivity (Wildman–Crippen MR) is 47.0 cm³/mol. The zero-order valence-corrected chi connectivity index (χ0v) is 6.60. The Labute approximate surface area is 71.0 Å². The largest absolute Gasteiger partial charge is 0.384 e. The third-order valence-electron chi connectivity index (χ3n) is 1.45. The van der Waals surface area contributed by atoms with E-state index in [2.05, 4.69) is 5.32 Å². The Morgan fingerprint density at radius 2 is 2.08 bits per heavy atom. The maximum Gasteiger partial charge on any atom is 0.150 e. The molecule has 0 unspecified atom stereocenters. The summed E-state index contributed by atoms with van der Waals surface area (Å²) < 4.78 is 0. The summed E-state index contributed by atoms with van der Waals surface area (Å²) in [4.78, 5) is 10.0. The molecule has 3 nitrogen and oxygen atoms in total. The fourth-order valence-corrected chi connectivity index (χ4v) is 0.827. The van der Waals surface area contributed by atoms with Crippen molar-refractivity contribution in [1.82, 2.24) is 0 Å². The molecule has 0 aromatic heterocycles. The molecular weight excluding hydrogens is 154 g/mol. The predicted octanol–water partition coefficient (Wildman–Crippen LogP) is 0.658. The van der Waals surface area contributed by atoms with Gasteiger partial charge in [0.25, 0.3) is 0 Å². The van der Waals surface area contributed by atoms with Crippen LogP contribution in [0.4, 0.5) is 5.69 Å². The van der Waals surface area contributed by atoms with Gasteiger partial charge in [0.05, 0.1) is 0 Å². The number of aliphatic hydroxyl groups is 1. The smallest absolute Gasteiger partial charge is 0.150 e. The molecule has 0 aliphatic carbocycles. The number of aliphatic hydroxyl groups excluding tert-OH is 1. The summed E-state index contributed by atoms with van der Waals surface area (Å²) in [5.41, 5.74) is 0.901. The number of nitrogens with one attached hydrogen (secondary N) is 1. The number of aldehydes is 1. The highest BCUT2D eigenvalue weighted by atomic mass is 16.3. The Morgan fingerprint density at radius 3 is 2.67 bits per heavy atom. The molecule has 1 rings (SSSR count). The first-order valence-corrected chi connectivity index (χ1v) is 3.75. The lowest BCUT2D eigenvalue weighted by molar-refractivity contribution is -0.114. The molecule has 3 heteroatoms. The van der Waals surface area contributed by atoms with Crippen LogP contribution in [0.1, 0.15) is 0 Å². The highest BCUT2D eigenvalue weighted by molar-refractivity contribution is 5.57. The van der Waals surface area contributed by atoms with Gasteiger partial charge in [0.1, 0.15) is 12.4 Å². The van der Waals surface area contributed by atoms with Crippen LogP contribution in [0.3, 0.4) is 0 Å². The van der Waals surface area contributed by atoms with Crippen molar-refractivity contribution in [3.8, 4) is 0 Å². The first kappa shape index (κ1) is 8.74. The third-order valence-corrected chi connectivity index (χ3v) is 1.45. The SMILES string of the molecule is O=C[C@H](O)CNc1ccccc1. The number of rotatable bonds is 4. The van der Waals surface area contributed by atoms with E-state index in [0.717, 1.165) is 5.69 Å². The Hall–Kier alpha value is -1.35. The van der Waals surface area contributed by atoms with Gasteiger partial charge in [-0.1, -0.05) is 18.2 Å². The fourth-order valence-electron chi connectivity index (χ4n) is 0.827. The number of hydrogen-bond acceptors (Lipinski definition) is 3. The van der Waals surface area contributed by atoms with Crippen molar-refractivity contribution < 1.29 is 9.90 Å². The number of hydrogen-bond donors (Lipinski definition) is 2. The molecule has 0 bridgehead atoms. The van der Waals surface area contributed by atoms with Crippen LogP contribution in [0, 0.1) is 0 Å². The van der Waals surface area contributed by atoms with Gasteiger partial charge >= 0.3 is 0 Å². The van der Waals surface area contributed by atoms with E-state index in [4.69, 9.17) is 5.11 Å². The van der Waals surface area contributed by atoms with E-state index in [1.165, 1.54) is 0 Å². The van der Waals surface area contributed by atoms with E-state index in [9.17, 15) is 4.79 Å². The van der Waals surface area contributed by atoms with Crippen LogP contribution in [0.25, 0.3) is 0 Å². The molecule has 1 aromatic rings. The van der Waals surface area contributed by atoms with Crippen molar-refractivity contribution >= 4 is 12.0 Å². The Bertz CT molecular complexity index is 236. The molecule has 0 heterocycles. The van der Waals surface area contributed by atoms with E-state index in [1.807, 2.05) is 30.3 Å². The zero-order valence-electron chi connectivity index (χ0n) is 6.60. The molecular formula is C9H11NO2. The van der Waals surface area contributed by atoms with E-state index >= 15 is 0 Å². The Morgan fingerprint density at radius 1 is 1.42 bits per heavy atom. The molecule has 0 amide bonds. The first-order chi connectivity index (χ1) is 5.83. The molecule has 0 aliphatic heterocycles. The summed E-state index contributed by atoms with van der Waals surface area (Å²) in [6, 6.07) is 9.42. The van der Waals surface area contributed by atoms with Gasteiger partial charge in [-0.3, -0.25) is 0 Å². The van der Waals surface area contributed by atoms with Crippen LogP contribution < -0.4 is 5.32 Å². The van der Waals surface area contributed by atoms with Crippen molar-refractivity contribution in [3.05, 3.63) is 30.3 Å². The van der Waals surface area contributed by atoms with Crippen LogP contribution in [-0.2, 0) is 4.79 Å². The summed E-state index contributed by atoms with van der Waals surface area (Å²) in [6.45, 7) is 0.257. The highest BCUT2D eigenvalue weighted by Crippen LogP contribution is 2.03. The summed E-state index contributed by atoms with van der Waals surface area (Å²) in [5.74, 6) is 0. The number of carbonyl (C=O) groups excluding carboxylic acids is 1. The van der Waals surface area contributed by atoms with Crippen molar-refractivity contribution in [2.45, 2.75) is 6.10 Å². The molecule has 0 fully saturated rings. The van der Waals surface area contributed by atoms with Gasteiger partial charge in [0.2, 0.25) is 0 Å². The van der Waals surface area contributed by atoms with Gasteiger partial charge in [0, 0.05) is 12.2 Å². The minimum absolute atomic E-state index is 0.257. The number of benzene rings is 1. The van der Waals surface area contributed by atoms with Gasteiger partial charge in [0.15, 0.2) is 0 Å². The van der Waals surface area contributed by atoms with E-state index in [1.54, 1.807) is 0 Å². The van der Waals surface area contributed by atoms with Crippen molar-refractivity contribution in [2.24, 2.45) is 0 Å². The maximum absolute atomic E-state index is 10.0. The summed E-state index contributed by atoms with van der Waals surface area (Å²) in [7, 11) is 0. The summed E-state index contributed by atoms with van der Waals surface area (Å²) in [6.07, 6.45) is -0.416. The third kappa shape index (κ3) is 2.72. The normalized spacial score (nSPS) is 12.1. The molecule has 1 atom stereocenters. The average Bonchev–Trinajstić information content (AvgIpc) is 2.16. The minimum atomic E-state index is -0.926. The van der Waals surface area contributed by atoms with Crippen molar-refractivity contribution in [3.63, 3.8) is 0 Å². The topological polar surface area (TPSA) is 49.3 Å². The lowest BCUT2D eigenvalue weighted by atomic mass is 10.3. The second-order valence-corrected chi connectivity index (χ2v) is 2.45. The summed E-state index contributed by atoms with van der Waals surface area (Å²) in [5, 5.41) is 11.8. The second kappa shape index (κ2) is 4.51. The first-order valence-electron chi connectivity index (χ1n) is 3.75. The van der Waals surface area contributed by atoms with E-state index in [-0.39, 0.29) is 6.54 Å². The van der Waals surface area contributed by atoms with Gasteiger partial charge in [-0.25, -0.2) is 0 Å². The van der Waals surface area contributed by atoms with E-state index in [0.29, 0.717) is 6.29 Å². The van der Waals surface area contributed by atoms with Crippen LogP contribution in [0.2, 0.25) is 0 Å². The lowest BCUT2D eigenvalue weighted by Crippen LogP contribution is -2.20. The number of carbonyl (C=O) groups is 1. The standard InChI is InChI=1S/C9H11NO2/c11-7-9(12)6-10-8-4-2-1-3-5-8/h1-5,7,9-10,12H,6H2/t9-/m1/s1. The zero-order chi connectivity index (χ0) is 8.81. The van der Waals surface area contributed by atoms with Gasteiger partial charge in [-0.2, -0.15) is 0 Å². The number of para-hydroxylation sites is 1. The van der Waals surface area contributed by atoms with Crippen molar-refractivity contribution in [1.29, 1.82) is 0 Å². The van der Waals surface area contributed by atoms with Crippen LogP contribution >= 0.6 is 0 Å². The number of anilines is 1. The van der Waals surface area contributed by atoms with Gasteiger partial charge < -0.3 is 15.2 Å². The molecule has 2 N–H and O–H groups in total. The maximum atomic E-state index is 10.0. The molecule has 12 heavy (non-hydrogen) atoms. The fraction of sp³-hybridized carbons (Fsp3) is 0.222.